The number of nitrogens with zero attached hydrogens (tertiary/aromatic N) is 2. The standard InChI is InChI=1S/C13H20F3N5.HI/c1-9(2)21-12(17-3)20-8-7-19-11-10(13(14,15)16)5-4-6-18-11;/h4-6,9H,7-8H2,1-3H3,(H,18,19)(H2,17,20,21);1H. The van der Waals surface area contributed by atoms with Crippen molar-refractivity contribution in [2.45, 2.75) is 26.1 Å². The van der Waals surface area contributed by atoms with Gasteiger partial charge in [-0.3, -0.25) is 4.99 Å². The minimum Gasteiger partial charge on any atom is -0.368 e. The summed E-state index contributed by atoms with van der Waals surface area (Å²) in [6.07, 6.45) is -3.09. The van der Waals surface area contributed by atoms with Crippen LogP contribution in [-0.2, 0) is 6.18 Å². The third-order valence-corrected chi connectivity index (χ3v) is 2.47. The van der Waals surface area contributed by atoms with Gasteiger partial charge in [-0.25, -0.2) is 4.98 Å². The van der Waals surface area contributed by atoms with Crippen LogP contribution in [0.2, 0.25) is 0 Å². The van der Waals surface area contributed by atoms with Gasteiger partial charge in [0.15, 0.2) is 5.96 Å². The fourth-order valence-corrected chi connectivity index (χ4v) is 1.60. The van der Waals surface area contributed by atoms with Crippen molar-refractivity contribution in [1.82, 2.24) is 15.6 Å². The van der Waals surface area contributed by atoms with Crippen LogP contribution in [0.5, 0.6) is 0 Å². The van der Waals surface area contributed by atoms with E-state index in [1.54, 1.807) is 7.05 Å². The predicted octanol–water partition coefficient (Wildman–Crippen LogP) is 2.70. The molecular weight excluding hydrogens is 410 g/mol. The Morgan fingerprint density at radius 3 is 2.55 bits per heavy atom. The van der Waals surface area contributed by atoms with E-state index in [9.17, 15) is 13.2 Å². The lowest BCUT2D eigenvalue weighted by atomic mass is 10.2. The molecule has 5 nitrogen and oxygen atoms in total. The first-order valence-electron chi connectivity index (χ1n) is 6.58. The minimum atomic E-state index is -4.42. The van der Waals surface area contributed by atoms with Gasteiger partial charge in [0.05, 0.1) is 5.56 Å². The van der Waals surface area contributed by atoms with E-state index in [0.717, 1.165) is 6.07 Å². The van der Waals surface area contributed by atoms with E-state index in [0.29, 0.717) is 19.0 Å². The quantitative estimate of drug-likeness (QED) is 0.291. The lowest BCUT2D eigenvalue weighted by Crippen LogP contribution is -2.42. The highest BCUT2D eigenvalue weighted by molar-refractivity contribution is 14.0. The van der Waals surface area contributed by atoms with E-state index in [1.807, 2.05) is 13.8 Å². The molecule has 22 heavy (non-hydrogen) atoms. The first-order valence-corrected chi connectivity index (χ1v) is 6.58. The maximum Gasteiger partial charge on any atom is 0.419 e. The molecule has 0 aliphatic heterocycles. The number of alkyl halides is 3. The largest absolute Gasteiger partial charge is 0.419 e. The molecule has 0 atom stereocenters. The van der Waals surface area contributed by atoms with E-state index in [1.165, 1.54) is 12.3 Å². The van der Waals surface area contributed by atoms with Gasteiger partial charge in [0.25, 0.3) is 0 Å². The molecular formula is C13H21F3IN5. The van der Waals surface area contributed by atoms with Crippen LogP contribution in [0.25, 0.3) is 0 Å². The second-order valence-electron chi connectivity index (χ2n) is 4.62. The van der Waals surface area contributed by atoms with Crippen molar-refractivity contribution in [3.05, 3.63) is 23.9 Å². The van der Waals surface area contributed by atoms with Crippen LogP contribution in [0.15, 0.2) is 23.3 Å². The Kier molecular flexibility index (Phi) is 9.14. The second kappa shape index (κ2) is 9.70. The van der Waals surface area contributed by atoms with Gasteiger partial charge >= 0.3 is 6.18 Å². The number of pyridine rings is 1. The van der Waals surface area contributed by atoms with Gasteiger partial charge in [0.1, 0.15) is 5.82 Å². The molecule has 0 saturated carbocycles. The number of hydrogen-bond acceptors (Lipinski definition) is 3. The van der Waals surface area contributed by atoms with Gasteiger partial charge in [-0.2, -0.15) is 13.2 Å². The summed E-state index contributed by atoms with van der Waals surface area (Å²) in [5.41, 5.74) is -0.769. The van der Waals surface area contributed by atoms with Crippen molar-refractivity contribution >= 4 is 35.8 Å². The molecule has 126 valence electrons. The number of rotatable bonds is 5. The Labute approximate surface area is 145 Å². The lowest BCUT2D eigenvalue weighted by molar-refractivity contribution is -0.137. The molecule has 1 heterocycles. The van der Waals surface area contributed by atoms with Crippen molar-refractivity contribution in [3.63, 3.8) is 0 Å². The smallest absolute Gasteiger partial charge is 0.368 e. The average Bonchev–Trinajstić information content (AvgIpc) is 2.41. The van der Waals surface area contributed by atoms with Crippen molar-refractivity contribution in [3.8, 4) is 0 Å². The number of aliphatic imine (C=N–C) groups is 1. The number of hydrogen-bond donors (Lipinski definition) is 3. The van der Waals surface area contributed by atoms with Crippen LogP contribution < -0.4 is 16.0 Å². The van der Waals surface area contributed by atoms with E-state index < -0.39 is 11.7 Å². The Morgan fingerprint density at radius 1 is 1.32 bits per heavy atom. The van der Waals surface area contributed by atoms with Gasteiger partial charge < -0.3 is 16.0 Å². The lowest BCUT2D eigenvalue weighted by Gasteiger charge is -2.16. The summed E-state index contributed by atoms with van der Waals surface area (Å²) in [5.74, 6) is 0.433. The molecule has 9 heteroatoms. The molecule has 0 amide bonds. The fraction of sp³-hybridized carbons (Fsp3) is 0.538. The Bertz CT molecular complexity index is 477. The molecule has 0 unspecified atom stereocenters. The maximum atomic E-state index is 12.8. The molecule has 1 aromatic rings. The summed E-state index contributed by atoms with van der Waals surface area (Å²) in [5, 5.41) is 8.75. The molecule has 1 rings (SSSR count). The number of anilines is 1. The van der Waals surface area contributed by atoms with Crippen LogP contribution >= 0.6 is 24.0 Å². The van der Waals surface area contributed by atoms with E-state index >= 15 is 0 Å². The van der Waals surface area contributed by atoms with Crippen LogP contribution in [0.3, 0.4) is 0 Å². The monoisotopic (exact) mass is 431 g/mol. The molecule has 0 saturated heterocycles. The van der Waals surface area contributed by atoms with Crippen molar-refractivity contribution in [2.75, 3.05) is 25.5 Å². The van der Waals surface area contributed by atoms with Gasteiger partial charge in [0, 0.05) is 32.4 Å². The highest BCUT2D eigenvalue weighted by atomic mass is 127. The molecule has 0 fully saturated rings. The van der Waals surface area contributed by atoms with Gasteiger partial charge in [-0.15, -0.1) is 24.0 Å². The highest BCUT2D eigenvalue weighted by Crippen LogP contribution is 2.33. The second-order valence-corrected chi connectivity index (χ2v) is 4.62. The molecule has 0 aromatic carbocycles. The molecule has 0 aliphatic rings. The van der Waals surface area contributed by atoms with E-state index in [-0.39, 0.29) is 35.8 Å². The van der Waals surface area contributed by atoms with Crippen LogP contribution in [0.1, 0.15) is 19.4 Å². The third kappa shape index (κ3) is 7.14. The van der Waals surface area contributed by atoms with Crippen molar-refractivity contribution in [2.24, 2.45) is 4.99 Å². The van der Waals surface area contributed by atoms with Crippen LogP contribution in [-0.4, -0.2) is 37.1 Å². The average molecular weight is 431 g/mol. The molecule has 0 radical (unpaired) electrons. The summed E-state index contributed by atoms with van der Waals surface area (Å²) in [6, 6.07) is 2.49. The Balaban J connectivity index is 0.00000441. The Hall–Kier alpha value is -1.26. The number of nitrogens with one attached hydrogen (secondary N) is 3. The van der Waals surface area contributed by atoms with Crippen LogP contribution in [0.4, 0.5) is 19.0 Å². The molecule has 3 N–H and O–H groups in total. The maximum absolute atomic E-state index is 12.8. The SMILES string of the molecule is CN=C(NCCNc1ncccc1C(F)(F)F)NC(C)C.I. The first kappa shape index (κ1) is 20.7. The fourth-order valence-electron chi connectivity index (χ4n) is 1.60. The zero-order valence-corrected chi connectivity index (χ0v) is 15.0. The normalized spacial score (nSPS) is 11.9. The highest BCUT2D eigenvalue weighted by Gasteiger charge is 2.33. The summed E-state index contributed by atoms with van der Waals surface area (Å²) in [7, 11) is 1.63. The topological polar surface area (TPSA) is 61.3 Å². The predicted molar refractivity (Wildman–Crippen MR) is 92.8 cm³/mol. The van der Waals surface area contributed by atoms with Gasteiger partial charge in [-0.1, -0.05) is 0 Å². The summed E-state index contributed by atoms with van der Waals surface area (Å²) < 4.78 is 38.3. The number of aromatic nitrogens is 1. The molecule has 1 aromatic heterocycles. The first-order chi connectivity index (χ1) is 9.84. The van der Waals surface area contributed by atoms with Gasteiger partial charge in [0.2, 0.25) is 0 Å². The molecule has 0 aliphatic carbocycles. The zero-order chi connectivity index (χ0) is 15.9. The van der Waals surface area contributed by atoms with Crippen molar-refractivity contribution in [1.29, 1.82) is 0 Å². The van der Waals surface area contributed by atoms with Crippen LogP contribution in [0, 0.1) is 0 Å². The number of guanidine groups is 1. The van der Waals surface area contributed by atoms with E-state index in [4.69, 9.17) is 0 Å². The summed E-state index contributed by atoms with van der Waals surface area (Å²) >= 11 is 0. The molecule has 0 spiro atoms. The minimum absolute atomic E-state index is 0. The summed E-state index contributed by atoms with van der Waals surface area (Å²) in [6.45, 7) is 4.64. The Morgan fingerprint density at radius 2 is 2.00 bits per heavy atom. The third-order valence-electron chi connectivity index (χ3n) is 2.47. The zero-order valence-electron chi connectivity index (χ0n) is 12.7. The van der Waals surface area contributed by atoms with E-state index in [2.05, 4.69) is 25.9 Å². The van der Waals surface area contributed by atoms with Gasteiger partial charge in [-0.05, 0) is 26.0 Å². The van der Waals surface area contributed by atoms with Crippen molar-refractivity contribution < 1.29 is 13.2 Å². The number of halogens is 4. The summed E-state index contributed by atoms with van der Waals surface area (Å²) in [4.78, 5) is 7.73. The molecule has 0 bridgehead atoms.